The Morgan fingerprint density at radius 2 is 2.14 bits per heavy atom. The number of hydrogen-bond donors (Lipinski definition) is 0. The quantitative estimate of drug-likeness (QED) is 0.859. The number of benzene rings is 1. The summed E-state index contributed by atoms with van der Waals surface area (Å²) in [6.45, 7) is 2.92. The number of hydrogen-bond acceptors (Lipinski definition) is 4. The third-order valence-corrected chi connectivity index (χ3v) is 4.63. The van der Waals surface area contributed by atoms with Gasteiger partial charge in [-0.25, -0.2) is 0 Å². The van der Waals surface area contributed by atoms with Crippen LogP contribution in [0.2, 0.25) is 5.02 Å². The fourth-order valence-electron chi connectivity index (χ4n) is 2.43. The van der Waals surface area contributed by atoms with E-state index in [2.05, 4.69) is 11.3 Å². The van der Waals surface area contributed by atoms with E-state index in [1.807, 2.05) is 42.5 Å². The zero-order chi connectivity index (χ0) is 14.8. The van der Waals surface area contributed by atoms with Crippen molar-refractivity contribution in [3.63, 3.8) is 0 Å². The predicted molar refractivity (Wildman–Crippen MR) is 84.7 cm³/mol. The van der Waals surface area contributed by atoms with E-state index in [0.717, 1.165) is 39.1 Å². The van der Waals surface area contributed by atoms with E-state index >= 15 is 0 Å². The molecule has 0 bridgehead atoms. The second-order valence-electron chi connectivity index (χ2n) is 5.07. The number of fused-ring (bicyclic) bond motifs is 1. The zero-order valence-electron chi connectivity index (χ0n) is 12.1. The van der Waals surface area contributed by atoms with Crippen LogP contribution in [0.3, 0.4) is 0 Å². The molecule has 21 heavy (non-hydrogen) atoms. The molecule has 0 unspecified atom stereocenters. The summed E-state index contributed by atoms with van der Waals surface area (Å²) < 4.78 is 12.8. The Morgan fingerprint density at radius 3 is 2.90 bits per heavy atom. The fourth-order valence-corrected chi connectivity index (χ4v) is 3.73. The minimum atomic E-state index is 0.314. The molecule has 0 fully saturated rings. The molecule has 2 aromatic rings. The Kier molecular flexibility index (Phi) is 4.42. The molecule has 0 aliphatic carbocycles. The van der Waals surface area contributed by atoms with Crippen molar-refractivity contribution in [3.8, 4) is 5.75 Å². The number of rotatable bonds is 4. The summed E-state index contributed by atoms with van der Waals surface area (Å²) in [5.41, 5.74) is 4.51. The molecule has 1 aromatic carbocycles. The van der Waals surface area contributed by atoms with Gasteiger partial charge in [0.1, 0.15) is 5.75 Å². The molecule has 1 aliphatic heterocycles. The lowest BCUT2D eigenvalue weighted by molar-refractivity contribution is -0.0168. The van der Waals surface area contributed by atoms with Gasteiger partial charge in [0.2, 0.25) is 0 Å². The van der Waals surface area contributed by atoms with Gasteiger partial charge in [-0.05, 0) is 19.1 Å². The number of aryl methyl sites for hydroxylation is 2. The van der Waals surface area contributed by atoms with Crippen molar-refractivity contribution >= 4 is 23.4 Å². The van der Waals surface area contributed by atoms with Gasteiger partial charge in [0.15, 0.2) is 6.79 Å². The molecule has 1 aromatic heterocycles. The van der Waals surface area contributed by atoms with E-state index in [1.165, 1.54) is 5.56 Å². The van der Waals surface area contributed by atoms with E-state index in [1.54, 1.807) is 0 Å². The molecule has 112 valence electrons. The second-order valence-corrected chi connectivity index (χ2v) is 6.49. The Morgan fingerprint density at radius 1 is 1.33 bits per heavy atom. The van der Waals surface area contributed by atoms with Crippen molar-refractivity contribution < 1.29 is 9.47 Å². The molecule has 0 atom stereocenters. The molecule has 1 aliphatic rings. The lowest BCUT2D eigenvalue weighted by Crippen LogP contribution is -2.12. The van der Waals surface area contributed by atoms with Gasteiger partial charge in [0.05, 0.1) is 12.3 Å². The summed E-state index contributed by atoms with van der Waals surface area (Å²) in [5.74, 6) is 2.72. The highest BCUT2D eigenvalue weighted by Gasteiger charge is 2.16. The van der Waals surface area contributed by atoms with Gasteiger partial charge >= 0.3 is 0 Å². The Labute approximate surface area is 133 Å². The molecule has 3 rings (SSSR count). The first-order valence-corrected chi connectivity index (χ1v) is 8.25. The molecule has 4 nitrogen and oxygen atoms in total. The number of halogens is 1. The number of thioether (sulfide) groups is 1. The van der Waals surface area contributed by atoms with Crippen LogP contribution < -0.4 is 4.74 Å². The van der Waals surface area contributed by atoms with E-state index in [9.17, 15) is 0 Å². The second kappa shape index (κ2) is 6.30. The van der Waals surface area contributed by atoms with E-state index < -0.39 is 0 Å². The minimum absolute atomic E-state index is 0.314. The van der Waals surface area contributed by atoms with Gasteiger partial charge in [0.25, 0.3) is 0 Å². The van der Waals surface area contributed by atoms with Crippen LogP contribution in [0.5, 0.6) is 5.75 Å². The van der Waals surface area contributed by atoms with Crippen molar-refractivity contribution in [2.24, 2.45) is 7.05 Å². The SMILES string of the molecule is Cc1nn(C)cc1CSCc1cc(Cl)cc2c1OCOC2. The molecule has 0 radical (unpaired) electrons. The Hall–Kier alpha value is -1.17. The lowest BCUT2D eigenvalue weighted by atomic mass is 10.1. The van der Waals surface area contributed by atoms with Gasteiger partial charge in [-0.15, -0.1) is 0 Å². The summed E-state index contributed by atoms with van der Waals surface area (Å²) in [4.78, 5) is 0. The molecule has 0 saturated heterocycles. The van der Waals surface area contributed by atoms with Crippen LogP contribution in [0, 0.1) is 6.92 Å². The van der Waals surface area contributed by atoms with E-state index in [0.29, 0.717) is 13.4 Å². The standard InChI is InChI=1S/C15H17ClN2O2S/c1-10-13(5-18(2)17-10)8-21-7-12-4-14(16)3-11-6-19-9-20-15(11)12/h3-5H,6-9H2,1-2H3. The van der Waals surface area contributed by atoms with Gasteiger partial charge in [-0.2, -0.15) is 16.9 Å². The summed E-state index contributed by atoms with van der Waals surface area (Å²) in [7, 11) is 1.95. The summed E-state index contributed by atoms with van der Waals surface area (Å²) in [6.07, 6.45) is 2.07. The van der Waals surface area contributed by atoms with Crippen molar-refractivity contribution in [2.45, 2.75) is 25.0 Å². The van der Waals surface area contributed by atoms with Crippen LogP contribution >= 0.6 is 23.4 Å². The summed E-state index contributed by atoms with van der Waals surface area (Å²) >= 11 is 8.01. The first kappa shape index (κ1) is 14.8. The largest absolute Gasteiger partial charge is 0.467 e. The lowest BCUT2D eigenvalue weighted by Gasteiger charge is -2.21. The predicted octanol–water partition coefficient (Wildman–Crippen LogP) is 3.68. The molecule has 2 heterocycles. The molecular formula is C15H17ClN2O2S. The van der Waals surface area contributed by atoms with E-state index in [-0.39, 0.29) is 0 Å². The van der Waals surface area contributed by atoms with Gasteiger partial charge in [-0.1, -0.05) is 11.6 Å². The van der Waals surface area contributed by atoms with Crippen molar-refractivity contribution in [3.05, 3.63) is 45.7 Å². The van der Waals surface area contributed by atoms with Gasteiger partial charge < -0.3 is 9.47 Å². The monoisotopic (exact) mass is 324 g/mol. The topological polar surface area (TPSA) is 36.3 Å². The third kappa shape index (κ3) is 3.36. The average molecular weight is 325 g/mol. The molecule has 0 amide bonds. The smallest absolute Gasteiger partial charge is 0.189 e. The maximum atomic E-state index is 6.17. The molecule has 0 spiro atoms. The maximum Gasteiger partial charge on any atom is 0.189 e. The third-order valence-electron chi connectivity index (χ3n) is 3.38. The Balaban J connectivity index is 1.70. The number of aromatic nitrogens is 2. The van der Waals surface area contributed by atoms with Crippen LogP contribution in [0.1, 0.15) is 22.4 Å². The minimum Gasteiger partial charge on any atom is -0.467 e. The summed E-state index contributed by atoms with van der Waals surface area (Å²) in [5, 5.41) is 5.09. The van der Waals surface area contributed by atoms with E-state index in [4.69, 9.17) is 21.1 Å². The van der Waals surface area contributed by atoms with Crippen LogP contribution in [-0.4, -0.2) is 16.6 Å². The van der Waals surface area contributed by atoms with Crippen LogP contribution in [0.25, 0.3) is 0 Å². The van der Waals surface area contributed by atoms with Crippen LogP contribution in [-0.2, 0) is 29.9 Å². The average Bonchev–Trinajstić information content (AvgIpc) is 2.77. The van der Waals surface area contributed by atoms with Crippen LogP contribution in [0.4, 0.5) is 0 Å². The first-order chi connectivity index (χ1) is 10.1. The number of nitrogens with zero attached hydrogens (tertiary/aromatic N) is 2. The Bertz CT molecular complexity index is 657. The van der Waals surface area contributed by atoms with Crippen molar-refractivity contribution in [2.75, 3.05) is 6.79 Å². The molecular weight excluding hydrogens is 308 g/mol. The fraction of sp³-hybridized carbons (Fsp3) is 0.400. The number of ether oxygens (including phenoxy) is 2. The first-order valence-electron chi connectivity index (χ1n) is 6.72. The van der Waals surface area contributed by atoms with Crippen molar-refractivity contribution in [1.82, 2.24) is 9.78 Å². The van der Waals surface area contributed by atoms with Crippen molar-refractivity contribution in [1.29, 1.82) is 0 Å². The molecule has 6 heteroatoms. The van der Waals surface area contributed by atoms with Gasteiger partial charge in [-0.3, -0.25) is 4.68 Å². The molecule has 0 saturated carbocycles. The zero-order valence-corrected chi connectivity index (χ0v) is 13.6. The highest BCUT2D eigenvalue weighted by molar-refractivity contribution is 7.97. The highest BCUT2D eigenvalue weighted by Crippen LogP contribution is 2.34. The maximum absolute atomic E-state index is 6.17. The molecule has 0 N–H and O–H groups in total. The summed E-state index contributed by atoms with van der Waals surface area (Å²) in [6, 6.07) is 3.89. The van der Waals surface area contributed by atoms with Crippen LogP contribution in [0.15, 0.2) is 18.3 Å². The van der Waals surface area contributed by atoms with Gasteiger partial charge in [0, 0.05) is 46.5 Å². The highest BCUT2D eigenvalue weighted by atomic mass is 35.5. The normalized spacial score (nSPS) is 13.9.